The summed E-state index contributed by atoms with van der Waals surface area (Å²) in [7, 11) is 0. The number of aromatic nitrogens is 4. The number of rotatable bonds is 8. The Bertz CT molecular complexity index is 1300. The summed E-state index contributed by atoms with van der Waals surface area (Å²) in [6, 6.07) is 10.7. The Kier molecular flexibility index (Phi) is 6.74. The van der Waals surface area contributed by atoms with Crippen molar-refractivity contribution in [1.29, 1.82) is 0 Å². The maximum absolute atomic E-state index is 12.7. The predicted molar refractivity (Wildman–Crippen MR) is 124 cm³/mol. The maximum atomic E-state index is 12.7. The second kappa shape index (κ2) is 9.86. The second-order valence-electron chi connectivity index (χ2n) is 7.49. The maximum Gasteiger partial charge on any atom is 0.253 e. The van der Waals surface area contributed by atoms with Crippen molar-refractivity contribution in [3.8, 4) is 0 Å². The van der Waals surface area contributed by atoms with Crippen molar-refractivity contribution in [3.05, 3.63) is 76.5 Å². The molecule has 1 aromatic carbocycles. The summed E-state index contributed by atoms with van der Waals surface area (Å²) in [4.78, 5) is 33.9. The van der Waals surface area contributed by atoms with E-state index in [1.54, 1.807) is 41.1 Å². The van der Waals surface area contributed by atoms with Gasteiger partial charge in [-0.05, 0) is 49.9 Å². The third-order valence-electron chi connectivity index (χ3n) is 5.23. The highest BCUT2D eigenvalue weighted by molar-refractivity contribution is 7.98. The topological polar surface area (TPSA) is 114 Å². The van der Waals surface area contributed by atoms with Crippen LogP contribution in [0, 0.1) is 13.8 Å². The number of thioether (sulfide) groups is 1. The van der Waals surface area contributed by atoms with E-state index in [1.807, 2.05) is 26.2 Å². The van der Waals surface area contributed by atoms with E-state index in [4.69, 9.17) is 4.42 Å². The SMILES string of the molecule is CSc1nc2nc(C)c(CC(=O)NCc3cccc(C(=O)NCc4ccco4)c3)c(C)n2n1. The van der Waals surface area contributed by atoms with Crippen molar-refractivity contribution in [2.45, 2.75) is 38.5 Å². The number of hydrogen-bond donors (Lipinski definition) is 2. The van der Waals surface area contributed by atoms with Gasteiger partial charge in [0.05, 0.1) is 19.2 Å². The molecule has 0 atom stereocenters. The van der Waals surface area contributed by atoms with Crippen molar-refractivity contribution in [3.63, 3.8) is 0 Å². The Labute approximate surface area is 195 Å². The number of benzene rings is 1. The molecule has 4 aromatic rings. The van der Waals surface area contributed by atoms with Crippen LogP contribution >= 0.6 is 11.8 Å². The van der Waals surface area contributed by atoms with E-state index >= 15 is 0 Å². The standard InChI is InChI=1S/C23H24N6O3S/c1-14-19(15(2)29-22(26-14)27-23(28-29)33-3)11-20(30)24-12-16-6-4-7-17(10-16)21(31)25-13-18-8-5-9-32-18/h4-10H,11-13H2,1-3H3,(H,24,30)(H,25,31). The minimum atomic E-state index is -0.206. The summed E-state index contributed by atoms with van der Waals surface area (Å²) >= 11 is 1.44. The van der Waals surface area contributed by atoms with Gasteiger partial charge < -0.3 is 15.1 Å². The first-order valence-corrected chi connectivity index (χ1v) is 11.6. The molecule has 0 bridgehead atoms. The average Bonchev–Trinajstić information content (AvgIpc) is 3.49. The number of nitrogens with one attached hydrogen (secondary N) is 2. The molecule has 0 aliphatic heterocycles. The number of nitrogens with zero attached hydrogens (tertiary/aromatic N) is 4. The molecule has 0 spiro atoms. The van der Waals surface area contributed by atoms with Gasteiger partial charge in [0, 0.05) is 29.1 Å². The molecule has 0 radical (unpaired) electrons. The monoisotopic (exact) mass is 464 g/mol. The van der Waals surface area contributed by atoms with Crippen molar-refractivity contribution >= 4 is 29.4 Å². The molecule has 10 heteroatoms. The van der Waals surface area contributed by atoms with Crippen LogP contribution < -0.4 is 10.6 Å². The molecule has 0 unspecified atom stereocenters. The van der Waals surface area contributed by atoms with Crippen LogP contribution in [0.3, 0.4) is 0 Å². The molecule has 0 saturated heterocycles. The fraction of sp³-hybridized carbons (Fsp3) is 0.261. The van der Waals surface area contributed by atoms with Gasteiger partial charge in [-0.3, -0.25) is 9.59 Å². The van der Waals surface area contributed by atoms with Crippen LogP contribution in [0.1, 0.15) is 38.6 Å². The fourth-order valence-electron chi connectivity index (χ4n) is 3.46. The lowest BCUT2D eigenvalue weighted by Gasteiger charge is -2.11. The summed E-state index contributed by atoms with van der Waals surface area (Å²) in [5.41, 5.74) is 3.77. The van der Waals surface area contributed by atoms with Gasteiger partial charge in [0.25, 0.3) is 11.7 Å². The number of fused-ring (bicyclic) bond motifs is 1. The first-order valence-electron chi connectivity index (χ1n) is 10.4. The Balaban J connectivity index is 1.38. The summed E-state index contributed by atoms with van der Waals surface area (Å²) in [5, 5.41) is 10.8. The highest BCUT2D eigenvalue weighted by atomic mass is 32.2. The zero-order valence-corrected chi connectivity index (χ0v) is 19.4. The normalized spacial score (nSPS) is 11.0. The lowest BCUT2D eigenvalue weighted by atomic mass is 10.1. The first-order chi connectivity index (χ1) is 15.9. The number of amides is 2. The van der Waals surface area contributed by atoms with Crippen LogP contribution in [-0.2, 0) is 24.3 Å². The van der Waals surface area contributed by atoms with Gasteiger partial charge in [-0.15, -0.1) is 5.10 Å². The molecule has 0 saturated carbocycles. The van der Waals surface area contributed by atoms with Crippen LogP contribution in [0.25, 0.3) is 5.78 Å². The summed E-state index contributed by atoms with van der Waals surface area (Å²) in [6.45, 7) is 4.40. The van der Waals surface area contributed by atoms with E-state index in [2.05, 4.69) is 25.7 Å². The van der Waals surface area contributed by atoms with E-state index in [0.717, 1.165) is 22.5 Å². The largest absolute Gasteiger partial charge is 0.467 e. The molecule has 0 fully saturated rings. The molecule has 2 amide bonds. The minimum absolute atomic E-state index is 0.139. The van der Waals surface area contributed by atoms with Gasteiger partial charge >= 0.3 is 0 Å². The first kappa shape index (κ1) is 22.5. The lowest BCUT2D eigenvalue weighted by molar-refractivity contribution is -0.120. The van der Waals surface area contributed by atoms with Gasteiger partial charge in [-0.2, -0.15) is 4.98 Å². The molecule has 0 aliphatic rings. The van der Waals surface area contributed by atoms with E-state index in [0.29, 0.717) is 35.3 Å². The predicted octanol–water partition coefficient (Wildman–Crippen LogP) is 2.84. The number of carbonyl (C=O) groups excluding carboxylic acids is 2. The zero-order valence-electron chi connectivity index (χ0n) is 18.6. The number of hydrogen-bond acceptors (Lipinski definition) is 7. The molecule has 9 nitrogen and oxygen atoms in total. The minimum Gasteiger partial charge on any atom is -0.467 e. The van der Waals surface area contributed by atoms with Gasteiger partial charge in [-0.1, -0.05) is 23.9 Å². The summed E-state index contributed by atoms with van der Waals surface area (Å²) < 4.78 is 6.90. The molecule has 33 heavy (non-hydrogen) atoms. The van der Waals surface area contributed by atoms with Gasteiger partial charge in [-0.25, -0.2) is 9.50 Å². The van der Waals surface area contributed by atoms with Crippen LogP contribution in [0.15, 0.2) is 52.2 Å². The molecular weight excluding hydrogens is 440 g/mol. The van der Waals surface area contributed by atoms with E-state index in [-0.39, 0.29) is 18.2 Å². The molecule has 170 valence electrons. The third kappa shape index (κ3) is 5.23. The smallest absolute Gasteiger partial charge is 0.253 e. The van der Waals surface area contributed by atoms with Gasteiger partial charge in [0.2, 0.25) is 11.1 Å². The quantitative estimate of drug-likeness (QED) is 0.385. The fourth-order valence-corrected chi connectivity index (χ4v) is 3.80. The lowest BCUT2D eigenvalue weighted by Crippen LogP contribution is -2.26. The van der Waals surface area contributed by atoms with E-state index in [9.17, 15) is 9.59 Å². The molecule has 3 aromatic heterocycles. The molecule has 0 aliphatic carbocycles. The summed E-state index contributed by atoms with van der Waals surface area (Å²) in [5.74, 6) is 0.865. The third-order valence-corrected chi connectivity index (χ3v) is 5.77. The Hall–Kier alpha value is -3.66. The molecule has 2 N–H and O–H groups in total. The van der Waals surface area contributed by atoms with Crippen molar-refractivity contribution < 1.29 is 14.0 Å². The Morgan fingerprint density at radius 2 is 1.94 bits per heavy atom. The van der Waals surface area contributed by atoms with Crippen molar-refractivity contribution in [1.82, 2.24) is 30.2 Å². The van der Waals surface area contributed by atoms with Crippen LogP contribution in [0.2, 0.25) is 0 Å². The molecular formula is C23H24N6O3S. The van der Waals surface area contributed by atoms with E-state index < -0.39 is 0 Å². The van der Waals surface area contributed by atoms with Crippen molar-refractivity contribution in [2.24, 2.45) is 0 Å². The van der Waals surface area contributed by atoms with Gasteiger partial charge in [0.15, 0.2) is 0 Å². The number of aryl methyl sites for hydroxylation is 2. The number of furan rings is 1. The highest BCUT2D eigenvalue weighted by Crippen LogP contribution is 2.17. The molecule has 4 rings (SSSR count). The average molecular weight is 465 g/mol. The van der Waals surface area contributed by atoms with Crippen LogP contribution in [0.4, 0.5) is 0 Å². The Morgan fingerprint density at radius 1 is 1.09 bits per heavy atom. The van der Waals surface area contributed by atoms with Crippen LogP contribution in [0.5, 0.6) is 0 Å². The van der Waals surface area contributed by atoms with Gasteiger partial charge in [0.1, 0.15) is 5.76 Å². The van der Waals surface area contributed by atoms with E-state index in [1.165, 1.54) is 11.8 Å². The Morgan fingerprint density at radius 3 is 2.70 bits per heavy atom. The van der Waals surface area contributed by atoms with Crippen molar-refractivity contribution in [2.75, 3.05) is 6.26 Å². The molecule has 3 heterocycles. The second-order valence-corrected chi connectivity index (χ2v) is 8.26. The number of carbonyl (C=O) groups is 2. The van der Waals surface area contributed by atoms with Crippen LogP contribution in [-0.4, -0.2) is 37.7 Å². The summed E-state index contributed by atoms with van der Waals surface area (Å²) in [6.07, 6.45) is 3.65. The zero-order chi connectivity index (χ0) is 23.4. The highest BCUT2D eigenvalue weighted by Gasteiger charge is 2.16.